The lowest BCUT2D eigenvalue weighted by molar-refractivity contribution is 0.477. The van der Waals surface area contributed by atoms with Crippen molar-refractivity contribution in [1.29, 1.82) is 0 Å². The molecule has 0 heterocycles. The number of rotatable bonds is 4. The highest BCUT2D eigenvalue weighted by atomic mass is 79.9. The maximum Gasteiger partial charge on any atom is 0.132 e. The molecule has 0 fully saturated rings. The average Bonchev–Trinajstić information content (AvgIpc) is 2.39. The van der Waals surface area contributed by atoms with E-state index in [-0.39, 0.29) is 0 Å². The fourth-order valence-electron chi connectivity index (χ4n) is 1.83. The van der Waals surface area contributed by atoms with Gasteiger partial charge in [0.15, 0.2) is 0 Å². The molecule has 0 aromatic heterocycles. The van der Waals surface area contributed by atoms with Crippen LogP contribution in [-0.4, -0.2) is 0 Å². The van der Waals surface area contributed by atoms with Gasteiger partial charge in [0.05, 0.1) is 0 Å². The predicted octanol–water partition coefficient (Wildman–Crippen LogP) is 6.15. The molecule has 0 amide bonds. The van der Waals surface area contributed by atoms with E-state index in [0.29, 0.717) is 11.2 Å². The van der Waals surface area contributed by atoms with Crippen LogP contribution in [-0.2, 0) is 5.33 Å². The fourth-order valence-corrected chi connectivity index (χ4v) is 2.80. The number of halogens is 2. The maximum atomic E-state index is 6.17. The summed E-state index contributed by atoms with van der Waals surface area (Å²) in [6, 6.07) is 13.9. The quantitative estimate of drug-likeness (QED) is 0.607. The van der Waals surface area contributed by atoms with Gasteiger partial charge in [-0.05, 0) is 35.7 Å². The van der Waals surface area contributed by atoms with Crippen molar-refractivity contribution in [2.45, 2.75) is 25.1 Å². The first kappa shape index (κ1) is 14.4. The number of ether oxygens (including phenoxy) is 1. The Kier molecular flexibility index (Phi) is 4.89. The summed E-state index contributed by atoms with van der Waals surface area (Å²) in [6.07, 6.45) is 0. The van der Waals surface area contributed by atoms with Crippen LogP contribution in [0.25, 0.3) is 0 Å². The maximum absolute atomic E-state index is 6.17. The van der Waals surface area contributed by atoms with Crippen molar-refractivity contribution in [3.63, 3.8) is 0 Å². The van der Waals surface area contributed by atoms with E-state index >= 15 is 0 Å². The van der Waals surface area contributed by atoms with Gasteiger partial charge >= 0.3 is 0 Å². The largest absolute Gasteiger partial charge is 0.457 e. The molecule has 0 spiro atoms. The van der Waals surface area contributed by atoms with E-state index < -0.39 is 0 Å². The van der Waals surface area contributed by atoms with Crippen LogP contribution >= 0.6 is 27.5 Å². The lowest BCUT2D eigenvalue weighted by Crippen LogP contribution is -1.92. The van der Waals surface area contributed by atoms with Crippen LogP contribution in [0.15, 0.2) is 42.5 Å². The molecule has 1 nitrogen and oxygen atoms in total. The van der Waals surface area contributed by atoms with Crippen molar-refractivity contribution in [3.8, 4) is 11.5 Å². The van der Waals surface area contributed by atoms with Gasteiger partial charge in [-0.2, -0.15) is 0 Å². The molecule has 2 aromatic carbocycles. The van der Waals surface area contributed by atoms with Crippen molar-refractivity contribution in [1.82, 2.24) is 0 Å². The van der Waals surface area contributed by atoms with E-state index in [1.54, 1.807) is 0 Å². The Labute approximate surface area is 127 Å². The SMILES string of the molecule is CC(C)c1cccc(Oc2cccc(Cl)c2CBr)c1. The van der Waals surface area contributed by atoms with E-state index in [9.17, 15) is 0 Å². The summed E-state index contributed by atoms with van der Waals surface area (Å²) in [5.74, 6) is 2.12. The van der Waals surface area contributed by atoms with Crippen molar-refractivity contribution < 1.29 is 4.74 Å². The molecular weight excluding hydrogens is 324 g/mol. The van der Waals surface area contributed by atoms with E-state index in [1.807, 2.05) is 30.3 Å². The summed E-state index contributed by atoms with van der Waals surface area (Å²) in [6.45, 7) is 4.34. The van der Waals surface area contributed by atoms with E-state index in [4.69, 9.17) is 16.3 Å². The van der Waals surface area contributed by atoms with Gasteiger partial charge in [0, 0.05) is 15.9 Å². The van der Waals surface area contributed by atoms with E-state index in [2.05, 4.69) is 41.9 Å². The Morgan fingerprint density at radius 1 is 1.16 bits per heavy atom. The van der Waals surface area contributed by atoms with Crippen molar-refractivity contribution in [3.05, 3.63) is 58.6 Å². The van der Waals surface area contributed by atoms with Gasteiger partial charge in [0.25, 0.3) is 0 Å². The van der Waals surface area contributed by atoms with Crippen LogP contribution in [0, 0.1) is 0 Å². The minimum Gasteiger partial charge on any atom is -0.457 e. The topological polar surface area (TPSA) is 9.23 Å². The molecule has 19 heavy (non-hydrogen) atoms. The third-order valence-corrected chi connectivity index (χ3v) is 3.88. The Bertz CT molecular complexity index is 566. The molecule has 0 aliphatic heterocycles. The summed E-state index contributed by atoms with van der Waals surface area (Å²) < 4.78 is 5.96. The zero-order valence-electron chi connectivity index (χ0n) is 11.0. The third-order valence-electron chi connectivity index (χ3n) is 2.96. The summed E-state index contributed by atoms with van der Waals surface area (Å²) in [4.78, 5) is 0. The van der Waals surface area contributed by atoms with Crippen LogP contribution in [0.4, 0.5) is 0 Å². The summed E-state index contributed by atoms with van der Waals surface area (Å²) in [5, 5.41) is 1.39. The third kappa shape index (κ3) is 3.52. The molecule has 0 saturated carbocycles. The minimum absolute atomic E-state index is 0.485. The number of alkyl halides is 1. The Balaban J connectivity index is 2.31. The molecule has 0 bridgehead atoms. The second-order valence-electron chi connectivity index (χ2n) is 4.68. The average molecular weight is 340 g/mol. The summed E-state index contributed by atoms with van der Waals surface area (Å²) in [7, 11) is 0. The van der Waals surface area contributed by atoms with Gasteiger partial charge in [-0.25, -0.2) is 0 Å². The van der Waals surface area contributed by atoms with Gasteiger partial charge in [-0.15, -0.1) is 0 Å². The Morgan fingerprint density at radius 3 is 2.58 bits per heavy atom. The van der Waals surface area contributed by atoms with Crippen LogP contribution < -0.4 is 4.74 Å². The second-order valence-corrected chi connectivity index (χ2v) is 5.65. The zero-order chi connectivity index (χ0) is 13.8. The van der Waals surface area contributed by atoms with Gasteiger partial charge in [-0.3, -0.25) is 0 Å². The second kappa shape index (κ2) is 6.44. The highest BCUT2D eigenvalue weighted by Gasteiger charge is 2.08. The molecule has 0 aliphatic rings. The molecular formula is C16H16BrClO. The molecule has 2 aromatic rings. The monoisotopic (exact) mass is 338 g/mol. The van der Waals surface area contributed by atoms with Gasteiger partial charge in [0.1, 0.15) is 11.5 Å². The molecule has 0 N–H and O–H groups in total. The molecule has 0 unspecified atom stereocenters. The predicted molar refractivity (Wildman–Crippen MR) is 84.7 cm³/mol. The summed E-state index contributed by atoms with van der Waals surface area (Å²) in [5.41, 5.74) is 2.24. The van der Waals surface area contributed by atoms with E-state index in [0.717, 1.165) is 22.1 Å². The van der Waals surface area contributed by atoms with Gasteiger partial charge in [0.2, 0.25) is 0 Å². The molecule has 0 aliphatic carbocycles. The number of benzene rings is 2. The zero-order valence-corrected chi connectivity index (χ0v) is 13.3. The van der Waals surface area contributed by atoms with E-state index in [1.165, 1.54) is 5.56 Å². The standard InChI is InChI=1S/C16H16BrClO/c1-11(2)12-5-3-6-13(9-12)19-16-8-4-7-15(18)14(16)10-17/h3-9,11H,10H2,1-2H3. The highest BCUT2D eigenvalue weighted by Crippen LogP contribution is 2.32. The van der Waals surface area contributed by atoms with Gasteiger partial charge < -0.3 is 4.74 Å². The first-order valence-electron chi connectivity index (χ1n) is 6.23. The van der Waals surface area contributed by atoms with Gasteiger partial charge in [-0.1, -0.05) is 59.6 Å². The highest BCUT2D eigenvalue weighted by molar-refractivity contribution is 9.08. The lowest BCUT2D eigenvalue weighted by atomic mass is 10.0. The molecule has 100 valence electrons. The molecule has 2 rings (SSSR count). The smallest absolute Gasteiger partial charge is 0.132 e. The number of hydrogen-bond donors (Lipinski definition) is 0. The minimum atomic E-state index is 0.485. The normalized spacial score (nSPS) is 10.8. The molecule has 0 saturated heterocycles. The summed E-state index contributed by atoms with van der Waals surface area (Å²) >= 11 is 9.61. The first-order chi connectivity index (χ1) is 9.11. The fraction of sp³-hybridized carbons (Fsp3) is 0.250. The molecule has 0 radical (unpaired) electrons. The van der Waals surface area contributed by atoms with Crippen molar-refractivity contribution in [2.24, 2.45) is 0 Å². The van der Waals surface area contributed by atoms with Crippen molar-refractivity contribution >= 4 is 27.5 Å². The lowest BCUT2D eigenvalue weighted by Gasteiger charge is -2.12. The Morgan fingerprint density at radius 2 is 1.89 bits per heavy atom. The van der Waals surface area contributed by atoms with Crippen LogP contribution in [0.5, 0.6) is 11.5 Å². The molecule has 0 atom stereocenters. The molecule has 3 heteroatoms. The Hall–Kier alpha value is -0.990. The first-order valence-corrected chi connectivity index (χ1v) is 7.73. The van der Waals surface area contributed by atoms with Crippen LogP contribution in [0.3, 0.4) is 0 Å². The van der Waals surface area contributed by atoms with Crippen LogP contribution in [0.2, 0.25) is 5.02 Å². The number of hydrogen-bond acceptors (Lipinski definition) is 1. The van der Waals surface area contributed by atoms with Crippen LogP contribution in [0.1, 0.15) is 30.9 Å². The van der Waals surface area contributed by atoms with Crippen molar-refractivity contribution in [2.75, 3.05) is 0 Å².